The van der Waals surface area contributed by atoms with E-state index in [1.807, 2.05) is 47.2 Å². The van der Waals surface area contributed by atoms with Gasteiger partial charge in [0.15, 0.2) is 6.23 Å². The summed E-state index contributed by atoms with van der Waals surface area (Å²) >= 11 is 0. The van der Waals surface area contributed by atoms with Gasteiger partial charge in [-0.15, -0.1) is 0 Å². The molecule has 4 aliphatic heterocycles. The number of fused-ring (bicyclic) bond motifs is 2. The molecule has 0 radical (unpaired) electrons. The Morgan fingerprint density at radius 3 is 2.49 bits per heavy atom. The van der Waals surface area contributed by atoms with Gasteiger partial charge in [-0.1, -0.05) is 18.2 Å². The van der Waals surface area contributed by atoms with Gasteiger partial charge in [0.25, 0.3) is 11.8 Å². The third kappa shape index (κ3) is 7.81. The van der Waals surface area contributed by atoms with E-state index >= 15 is 0 Å². The molecule has 8 rings (SSSR count). The van der Waals surface area contributed by atoms with Crippen LogP contribution in [-0.4, -0.2) is 112 Å². The molecule has 4 amide bonds. The fourth-order valence-electron chi connectivity index (χ4n) is 8.53. The number of nitrogens with zero attached hydrogens (tertiary/aromatic N) is 5. The van der Waals surface area contributed by atoms with Gasteiger partial charge in [-0.3, -0.25) is 44.4 Å². The topological polar surface area (TPSA) is 160 Å². The highest BCUT2D eigenvalue weighted by atomic mass is 16.5. The van der Waals surface area contributed by atoms with Crippen molar-refractivity contribution >= 4 is 40.2 Å². The molecule has 4 aromatic rings. The third-order valence-corrected chi connectivity index (χ3v) is 11.6. The number of aliphatic hydroxyl groups is 1. The summed E-state index contributed by atoms with van der Waals surface area (Å²) in [7, 11) is 0. The van der Waals surface area contributed by atoms with Crippen molar-refractivity contribution in [3.63, 3.8) is 0 Å². The Hall–Kier alpha value is -5.28. The van der Waals surface area contributed by atoms with E-state index < -0.39 is 24.1 Å². The summed E-state index contributed by atoms with van der Waals surface area (Å²) in [4.78, 5) is 57.7. The van der Waals surface area contributed by atoms with Crippen LogP contribution in [0.1, 0.15) is 63.8 Å². The van der Waals surface area contributed by atoms with Crippen LogP contribution in [0.3, 0.4) is 0 Å². The van der Waals surface area contributed by atoms with Crippen LogP contribution in [0.5, 0.6) is 5.75 Å². The van der Waals surface area contributed by atoms with Crippen LogP contribution < -0.4 is 20.4 Å². The minimum absolute atomic E-state index is 0.138. The van der Waals surface area contributed by atoms with Crippen LogP contribution in [-0.2, 0) is 22.7 Å². The van der Waals surface area contributed by atoms with E-state index in [2.05, 4.69) is 32.1 Å². The quantitative estimate of drug-likeness (QED) is 0.102. The van der Waals surface area contributed by atoms with Crippen molar-refractivity contribution in [3.05, 3.63) is 95.2 Å². The number of imide groups is 1. The Kier molecular flexibility index (Phi) is 10.6. The fourth-order valence-corrected chi connectivity index (χ4v) is 8.53. The monoisotopic (exact) mass is 749 g/mol. The van der Waals surface area contributed by atoms with Gasteiger partial charge < -0.3 is 19.3 Å². The number of ether oxygens (including phenoxy) is 1. The molecule has 0 spiro atoms. The lowest BCUT2D eigenvalue weighted by Crippen LogP contribution is -2.53. The molecule has 2 unspecified atom stereocenters. The number of aromatic nitrogens is 1. The summed E-state index contributed by atoms with van der Waals surface area (Å²) < 4.78 is 8.18. The summed E-state index contributed by atoms with van der Waals surface area (Å²) in [6.07, 6.45) is 3.41. The molecular weight excluding hydrogens is 702 g/mol. The number of hydrogen-bond donors (Lipinski definition) is 4. The first-order valence-electron chi connectivity index (χ1n) is 19.2. The lowest BCUT2D eigenvalue weighted by Gasteiger charge is -2.39. The second-order valence-electron chi connectivity index (χ2n) is 15.1. The number of anilines is 1. The minimum Gasteiger partial charge on any atom is -0.492 e. The maximum atomic E-state index is 13.2. The molecule has 5 heterocycles. The first-order valence-corrected chi connectivity index (χ1v) is 19.2. The fraction of sp³-hybridized carbons (Fsp3) is 0.415. The van der Waals surface area contributed by atoms with E-state index in [9.17, 15) is 24.3 Å². The van der Waals surface area contributed by atoms with Crippen molar-refractivity contribution in [2.24, 2.45) is 5.92 Å². The van der Waals surface area contributed by atoms with Gasteiger partial charge in [-0.2, -0.15) is 0 Å². The van der Waals surface area contributed by atoms with E-state index in [0.29, 0.717) is 35.8 Å². The predicted octanol–water partition coefficient (Wildman–Crippen LogP) is 3.13. The summed E-state index contributed by atoms with van der Waals surface area (Å²) in [5.74, 6) is -0.338. The highest BCUT2D eigenvalue weighted by Gasteiger charge is 2.44. The Bertz CT molecular complexity index is 2090. The molecule has 55 heavy (non-hydrogen) atoms. The predicted molar refractivity (Wildman–Crippen MR) is 204 cm³/mol. The molecule has 0 aliphatic carbocycles. The highest BCUT2D eigenvalue weighted by Crippen LogP contribution is 2.37. The SMILES string of the molecule is O=C1CCC(N2C(=O)c3ccc(N4CCN(CC5CCN(Cc6cccc(OCCn7ccc8ccc(C(=O)NO)cc87)c6)CC5)CC4)cc3C2O)C(=O)N1. The second kappa shape index (κ2) is 15.8. The average molecular weight is 750 g/mol. The third-order valence-electron chi connectivity index (χ3n) is 11.6. The number of carbonyl (C=O) groups is 4. The van der Waals surface area contributed by atoms with Crippen LogP contribution in [0, 0.1) is 5.92 Å². The minimum atomic E-state index is -1.22. The Morgan fingerprint density at radius 2 is 1.71 bits per heavy atom. The lowest BCUT2D eigenvalue weighted by atomic mass is 9.95. The number of piperidine rings is 2. The number of hydroxylamine groups is 1. The second-order valence-corrected chi connectivity index (χ2v) is 15.1. The van der Waals surface area contributed by atoms with Crippen LogP contribution in [0.15, 0.2) is 72.9 Å². The standard InChI is InChI=1S/C41H47N7O7/c49-37-9-8-35(39(51)42-37)48-40(52)33-7-6-31(24-34(33)41(48)53)46-18-16-45(17-19-46)25-27-10-13-44(14-11-27)26-28-2-1-3-32(22-28)55-21-20-47-15-12-29-4-5-30(23-36(29)47)38(50)43-54/h1-7,12,15,22-24,27,35,41,53-54H,8-11,13-14,16-21,25-26H2,(H,43,50)(H,42,49,51). The number of hydrogen-bond acceptors (Lipinski definition) is 10. The van der Waals surface area contributed by atoms with Crippen molar-refractivity contribution in [1.29, 1.82) is 0 Å². The first kappa shape index (κ1) is 36.7. The number of carbonyl (C=O) groups excluding carboxylic acids is 4. The number of benzene rings is 3. The Morgan fingerprint density at radius 1 is 0.891 bits per heavy atom. The molecule has 2 atom stereocenters. The molecule has 4 aliphatic rings. The number of aliphatic hydroxyl groups excluding tert-OH is 1. The van der Waals surface area contributed by atoms with Gasteiger partial charge in [0, 0.05) is 79.8 Å². The van der Waals surface area contributed by atoms with Gasteiger partial charge in [-0.25, -0.2) is 5.48 Å². The maximum Gasteiger partial charge on any atom is 0.274 e. The van der Waals surface area contributed by atoms with E-state index in [-0.39, 0.29) is 24.7 Å². The zero-order chi connectivity index (χ0) is 38.1. The number of piperazine rings is 1. The Labute approximate surface area is 319 Å². The molecule has 3 saturated heterocycles. The smallest absolute Gasteiger partial charge is 0.274 e. The van der Waals surface area contributed by atoms with Crippen molar-refractivity contribution in [2.75, 3.05) is 57.3 Å². The van der Waals surface area contributed by atoms with Gasteiger partial charge in [0.05, 0.1) is 6.54 Å². The zero-order valence-corrected chi connectivity index (χ0v) is 30.7. The molecule has 1 aromatic heterocycles. The lowest BCUT2D eigenvalue weighted by molar-refractivity contribution is -0.139. The highest BCUT2D eigenvalue weighted by molar-refractivity contribution is 6.06. The van der Waals surface area contributed by atoms with Crippen LogP contribution in [0.4, 0.5) is 5.69 Å². The molecule has 3 aromatic carbocycles. The normalized spacial score (nSPS) is 21.2. The van der Waals surface area contributed by atoms with Crippen LogP contribution >= 0.6 is 0 Å². The summed E-state index contributed by atoms with van der Waals surface area (Å²) in [5, 5.41) is 23.4. The number of rotatable bonds is 11. The van der Waals surface area contributed by atoms with Gasteiger partial charge in [0.2, 0.25) is 11.8 Å². The van der Waals surface area contributed by atoms with E-state index in [1.54, 1.807) is 23.7 Å². The number of amides is 4. The molecule has 0 bridgehead atoms. The molecule has 3 fully saturated rings. The molecule has 4 N–H and O–H groups in total. The van der Waals surface area contributed by atoms with Crippen molar-refractivity contribution in [1.82, 2.24) is 30.1 Å². The van der Waals surface area contributed by atoms with Gasteiger partial charge >= 0.3 is 0 Å². The Balaban J connectivity index is 0.772. The summed E-state index contributed by atoms with van der Waals surface area (Å²) in [5.41, 5.74) is 6.09. The molecular formula is C41H47N7O7. The van der Waals surface area contributed by atoms with E-state index in [4.69, 9.17) is 9.94 Å². The number of likely N-dealkylation sites (tertiary alicyclic amines) is 1. The molecule has 14 heteroatoms. The van der Waals surface area contributed by atoms with Crippen molar-refractivity contribution in [2.45, 2.75) is 51.0 Å². The summed E-state index contributed by atoms with van der Waals surface area (Å²) in [6, 6.07) is 20.3. The largest absolute Gasteiger partial charge is 0.492 e. The van der Waals surface area contributed by atoms with Crippen molar-refractivity contribution in [3.8, 4) is 5.75 Å². The number of nitrogens with one attached hydrogen (secondary N) is 2. The molecule has 288 valence electrons. The van der Waals surface area contributed by atoms with Gasteiger partial charge in [-0.05, 0) is 97.8 Å². The van der Waals surface area contributed by atoms with Crippen LogP contribution in [0.25, 0.3) is 10.9 Å². The van der Waals surface area contributed by atoms with Crippen molar-refractivity contribution < 1.29 is 34.2 Å². The first-order chi connectivity index (χ1) is 26.7. The maximum absolute atomic E-state index is 13.2. The zero-order valence-electron chi connectivity index (χ0n) is 30.7. The van der Waals surface area contributed by atoms with E-state index in [1.165, 1.54) is 10.5 Å². The van der Waals surface area contributed by atoms with E-state index in [0.717, 1.165) is 87.5 Å². The van der Waals surface area contributed by atoms with Gasteiger partial charge in [0.1, 0.15) is 18.4 Å². The summed E-state index contributed by atoms with van der Waals surface area (Å²) in [6.45, 7) is 8.75. The molecule has 0 saturated carbocycles. The average Bonchev–Trinajstić information content (AvgIpc) is 3.72. The molecule has 14 nitrogen and oxygen atoms in total. The van der Waals surface area contributed by atoms with Crippen LogP contribution in [0.2, 0.25) is 0 Å².